The van der Waals surface area contributed by atoms with Crippen molar-refractivity contribution in [3.8, 4) is 0 Å². The van der Waals surface area contributed by atoms with Crippen molar-refractivity contribution in [3.63, 3.8) is 0 Å². The predicted octanol–water partition coefficient (Wildman–Crippen LogP) is 1.75. The highest BCUT2D eigenvalue weighted by atomic mass is 32.2. The van der Waals surface area contributed by atoms with Gasteiger partial charge in [-0.05, 0) is 31.4 Å². The van der Waals surface area contributed by atoms with Crippen LogP contribution in [0.15, 0.2) is 38.8 Å². The Labute approximate surface area is 162 Å². The standard InChI is InChI=1S/C18H21N5O4S/c1-2-15-19-16(27-21-15)12-23-13-8-4-5-9-14(13)28(25,26)17(20-23)18(24)22-10-6-3-7-11-22/h4-5,8-9H,2-3,6-7,10-12H2,1H3. The molecule has 3 heterocycles. The van der Waals surface area contributed by atoms with Crippen LogP contribution in [0.25, 0.3) is 0 Å². The fourth-order valence-electron chi connectivity index (χ4n) is 3.36. The van der Waals surface area contributed by atoms with Crippen LogP contribution in [0.5, 0.6) is 0 Å². The molecule has 0 aliphatic carbocycles. The summed E-state index contributed by atoms with van der Waals surface area (Å²) in [6.07, 6.45) is 3.38. The highest BCUT2D eigenvalue weighted by molar-refractivity contribution is 8.08. The molecule has 10 heteroatoms. The first-order chi connectivity index (χ1) is 13.5. The minimum atomic E-state index is -4.01. The van der Waals surface area contributed by atoms with E-state index in [0.717, 1.165) is 19.3 Å². The van der Waals surface area contributed by atoms with Crippen LogP contribution >= 0.6 is 0 Å². The Kier molecular flexibility index (Phi) is 4.88. The summed E-state index contributed by atoms with van der Waals surface area (Å²) in [7, 11) is -4.01. The molecule has 1 aromatic heterocycles. The molecule has 0 N–H and O–H groups in total. The van der Waals surface area contributed by atoms with Gasteiger partial charge >= 0.3 is 0 Å². The van der Waals surface area contributed by atoms with E-state index in [-0.39, 0.29) is 11.4 Å². The molecular weight excluding hydrogens is 382 g/mol. The summed E-state index contributed by atoms with van der Waals surface area (Å²) in [4.78, 5) is 18.8. The second-order valence-corrected chi connectivity index (χ2v) is 8.58. The number of hydrogen-bond donors (Lipinski definition) is 0. The van der Waals surface area contributed by atoms with E-state index in [9.17, 15) is 13.2 Å². The number of carbonyl (C=O) groups is 1. The Morgan fingerprint density at radius 2 is 1.93 bits per heavy atom. The second kappa shape index (κ2) is 7.34. The fourth-order valence-corrected chi connectivity index (χ4v) is 4.84. The van der Waals surface area contributed by atoms with Crippen LogP contribution < -0.4 is 5.01 Å². The van der Waals surface area contributed by atoms with Crippen molar-refractivity contribution < 1.29 is 17.7 Å². The zero-order chi connectivity index (χ0) is 19.7. The highest BCUT2D eigenvalue weighted by Crippen LogP contribution is 2.33. The molecule has 28 heavy (non-hydrogen) atoms. The van der Waals surface area contributed by atoms with Crippen LogP contribution in [-0.2, 0) is 27.6 Å². The fraction of sp³-hybridized carbons (Fsp3) is 0.444. The monoisotopic (exact) mass is 403 g/mol. The summed E-state index contributed by atoms with van der Waals surface area (Å²) >= 11 is 0. The van der Waals surface area contributed by atoms with E-state index in [1.807, 2.05) is 6.92 Å². The minimum absolute atomic E-state index is 0.0561. The van der Waals surface area contributed by atoms with Gasteiger partial charge in [0.05, 0.1) is 10.6 Å². The molecule has 0 saturated carbocycles. The Balaban J connectivity index is 1.74. The number of piperidine rings is 1. The summed E-state index contributed by atoms with van der Waals surface area (Å²) < 4.78 is 31.4. The molecular formula is C18H21N5O4S. The lowest BCUT2D eigenvalue weighted by Gasteiger charge is -2.30. The van der Waals surface area contributed by atoms with Gasteiger partial charge in [-0.2, -0.15) is 10.1 Å². The van der Waals surface area contributed by atoms with Gasteiger partial charge in [0.1, 0.15) is 6.54 Å². The maximum Gasteiger partial charge on any atom is 0.286 e. The number of fused-ring (bicyclic) bond motifs is 1. The summed E-state index contributed by atoms with van der Waals surface area (Å²) in [5.74, 6) is 0.306. The molecule has 0 bridgehead atoms. The molecule has 148 valence electrons. The predicted molar refractivity (Wildman–Crippen MR) is 101 cm³/mol. The third-order valence-electron chi connectivity index (χ3n) is 4.84. The van der Waals surface area contributed by atoms with Gasteiger partial charge in [-0.25, -0.2) is 8.42 Å². The van der Waals surface area contributed by atoms with E-state index >= 15 is 0 Å². The van der Waals surface area contributed by atoms with E-state index in [4.69, 9.17) is 4.52 Å². The maximum atomic E-state index is 13.1. The number of aromatic nitrogens is 2. The smallest absolute Gasteiger partial charge is 0.286 e. The molecule has 1 aromatic carbocycles. The zero-order valence-electron chi connectivity index (χ0n) is 15.5. The van der Waals surface area contributed by atoms with Gasteiger partial charge in [0.2, 0.25) is 20.8 Å². The van der Waals surface area contributed by atoms with Crippen LogP contribution in [0.4, 0.5) is 5.69 Å². The Morgan fingerprint density at radius 3 is 2.64 bits per heavy atom. The van der Waals surface area contributed by atoms with E-state index in [2.05, 4.69) is 15.2 Å². The lowest BCUT2D eigenvalue weighted by molar-refractivity contribution is -0.124. The summed E-state index contributed by atoms with van der Waals surface area (Å²) in [5, 5.41) is 9.07. The number of hydrazone groups is 1. The first-order valence-corrected chi connectivity index (χ1v) is 10.8. The maximum absolute atomic E-state index is 13.1. The van der Waals surface area contributed by atoms with Gasteiger partial charge in [0.25, 0.3) is 5.91 Å². The van der Waals surface area contributed by atoms with Gasteiger partial charge in [-0.3, -0.25) is 9.80 Å². The number of benzene rings is 1. The Hall–Kier alpha value is -2.75. The molecule has 1 fully saturated rings. The average molecular weight is 403 g/mol. The first kappa shape index (κ1) is 18.6. The molecule has 2 aromatic rings. The first-order valence-electron chi connectivity index (χ1n) is 9.31. The number of likely N-dealkylation sites (tertiary alicyclic amines) is 1. The van der Waals surface area contributed by atoms with E-state index in [0.29, 0.717) is 36.9 Å². The molecule has 0 atom stereocenters. The van der Waals surface area contributed by atoms with Crippen molar-refractivity contribution >= 4 is 26.5 Å². The van der Waals surface area contributed by atoms with Crippen LogP contribution in [0, 0.1) is 0 Å². The van der Waals surface area contributed by atoms with Crippen LogP contribution in [0.3, 0.4) is 0 Å². The number of amides is 1. The third-order valence-corrected chi connectivity index (χ3v) is 6.53. The molecule has 4 rings (SSSR count). The number of anilines is 1. The third kappa shape index (κ3) is 3.28. The van der Waals surface area contributed by atoms with Gasteiger partial charge in [-0.1, -0.05) is 24.2 Å². The summed E-state index contributed by atoms with van der Waals surface area (Å²) in [6, 6.07) is 6.49. The van der Waals surface area contributed by atoms with Crippen molar-refractivity contribution in [1.29, 1.82) is 0 Å². The van der Waals surface area contributed by atoms with Crippen molar-refractivity contribution in [1.82, 2.24) is 15.0 Å². The highest BCUT2D eigenvalue weighted by Gasteiger charge is 2.39. The molecule has 1 amide bonds. The number of nitrogens with zero attached hydrogens (tertiary/aromatic N) is 5. The SMILES string of the molecule is CCc1noc(CN2N=C(C(=O)N3CCCCC3)S(=O)(=O)c3ccccc32)n1. The number of para-hydroxylation sites is 1. The van der Waals surface area contributed by atoms with Crippen LogP contribution in [0.1, 0.15) is 37.9 Å². The van der Waals surface area contributed by atoms with Crippen molar-refractivity contribution in [3.05, 3.63) is 36.0 Å². The molecule has 0 spiro atoms. The minimum Gasteiger partial charge on any atom is -0.337 e. The van der Waals surface area contributed by atoms with Crippen molar-refractivity contribution in [2.75, 3.05) is 18.1 Å². The molecule has 2 aliphatic rings. The van der Waals surface area contributed by atoms with Crippen molar-refractivity contribution in [2.45, 2.75) is 44.0 Å². The summed E-state index contributed by atoms with van der Waals surface area (Å²) in [6.45, 7) is 3.07. The number of rotatable bonds is 4. The molecule has 0 radical (unpaired) electrons. The van der Waals surface area contributed by atoms with Crippen molar-refractivity contribution in [2.24, 2.45) is 5.10 Å². The Morgan fingerprint density at radius 1 is 1.18 bits per heavy atom. The largest absolute Gasteiger partial charge is 0.337 e. The van der Waals surface area contributed by atoms with E-state index < -0.39 is 20.8 Å². The lowest BCUT2D eigenvalue weighted by atomic mass is 10.1. The molecule has 9 nitrogen and oxygen atoms in total. The second-order valence-electron chi connectivity index (χ2n) is 6.74. The molecule has 1 saturated heterocycles. The topological polar surface area (TPSA) is 109 Å². The zero-order valence-corrected chi connectivity index (χ0v) is 16.4. The number of hydrogen-bond acceptors (Lipinski definition) is 8. The van der Waals surface area contributed by atoms with E-state index in [1.165, 1.54) is 11.1 Å². The number of carbonyl (C=O) groups excluding carboxylic acids is 1. The van der Waals surface area contributed by atoms with Crippen LogP contribution in [-0.4, -0.2) is 47.5 Å². The average Bonchev–Trinajstić information content (AvgIpc) is 3.18. The van der Waals surface area contributed by atoms with Crippen LogP contribution in [0.2, 0.25) is 0 Å². The van der Waals surface area contributed by atoms with E-state index in [1.54, 1.807) is 23.1 Å². The lowest BCUT2D eigenvalue weighted by Crippen LogP contribution is -2.45. The number of sulfone groups is 1. The quantitative estimate of drug-likeness (QED) is 0.765. The van der Waals surface area contributed by atoms with Gasteiger partial charge in [0, 0.05) is 19.5 Å². The Bertz CT molecular complexity index is 1020. The molecule has 2 aliphatic heterocycles. The van der Waals surface area contributed by atoms with Gasteiger partial charge in [0.15, 0.2) is 5.82 Å². The van der Waals surface area contributed by atoms with Gasteiger partial charge < -0.3 is 9.42 Å². The normalized spacial score (nSPS) is 18.5. The van der Waals surface area contributed by atoms with Gasteiger partial charge in [-0.15, -0.1) is 0 Å². The number of aryl methyl sites for hydroxylation is 1. The summed E-state index contributed by atoms with van der Waals surface area (Å²) in [5.41, 5.74) is 0.383. The molecule has 0 unspecified atom stereocenters.